The number of piperidine rings is 1. The summed E-state index contributed by atoms with van der Waals surface area (Å²) in [7, 11) is 2.17. The third-order valence-electron chi connectivity index (χ3n) is 5.38. The molecule has 8 nitrogen and oxygen atoms in total. The molecule has 0 bridgehead atoms. The van der Waals surface area contributed by atoms with Crippen molar-refractivity contribution in [2.75, 3.05) is 26.7 Å². The fraction of sp³-hybridized carbons (Fsp3) is 0.409. The Balaban J connectivity index is 0.000000806. The molecule has 1 aromatic carbocycles. The van der Waals surface area contributed by atoms with Crippen LogP contribution in [0.25, 0.3) is 22.3 Å². The van der Waals surface area contributed by atoms with Crippen LogP contribution in [-0.4, -0.2) is 57.8 Å². The lowest BCUT2D eigenvalue weighted by Gasteiger charge is -2.29. The Morgan fingerprint density at radius 1 is 1.30 bits per heavy atom. The van der Waals surface area contributed by atoms with E-state index in [0.717, 1.165) is 42.1 Å². The highest BCUT2D eigenvalue weighted by Gasteiger charge is 2.19. The van der Waals surface area contributed by atoms with Gasteiger partial charge in [0.25, 0.3) is 12.0 Å². The van der Waals surface area contributed by atoms with Gasteiger partial charge in [-0.05, 0) is 70.1 Å². The average Bonchev–Trinajstić information content (AvgIpc) is 3.18. The van der Waals surface area contributed by atoms with Gasteiger partial charge in [0, 0.05) is 29.8 Å². The third kappa shape index (κ3) is 5.07. The molecule has 0 atom stereocenters. The Labute approximate surface area is 175 Å². The van der Waals surface area contributed by atoms with E-state index >= 15 is 0 Å². The predicted molar refractivity (Wildman–Crippen MR) is 116 cm³/mol. The van der Waals surface area contributed by atoms with E-state index in [1.54, 1.807) is 6.20 Å². The number of H-pyrrole nitrogens is 1. The lowest BCUT2D eigenvalue weighted by atomic mass is 9.97. The molecule has 2 aromatic heterocycles. The SMILES string of the molecule is CCOc1ccc2[nH]c(=O)c(-c3nccn3CC3CCN(C)CC3)cc2c1.O=CO. The van der Waals surface area contributed by atoms with E-state index in [0.29, 0.717) is 18.1 Å². The van der Waals surface area contributed by atoms with Crippen molar-refractivity contribution in [3.8, 4) is 17.1 Å². The minimum Gasteiger partial charge on any atom is -0.494 e. The van der Waals surface area contributed by atoms with E-state index in [4.69, 9.17) is 14.6 Å². The highest BCUT2D eigenvalue weighted by atomic mass is 16.5. The molecule has 3 heterocycles. The van der Waals surface area contributed by atoms with Gasteiger partial charge in [-0.1, -0.05) is 0 Å². The first kappa shape index (κ1) is 21.6. The number of rotatable bonds is 5. The van der Waals surface area contributed by atoms with Crippen LogP contribution in [0.1, 0.15) is 19.8 Å². The van der Waals surface area contributed by atoms with Gasteiger partial charge in [0.05, 0.1) is 12.2 Å². The number of fused-ring (bicyclic) bond motifs is 1. The molecule has 4 rings (SSSR count). The van der Waals surface area contributed by atoms with Crippen LogP contribution in [0.4, 0.5) is 0 Å². The van der Waals surface area contributed by atoms with E-state index in [1.165, 1.54) is 12.8 Å². The average molecular weight is 412 g/mol. The quantitative estimate of drug-likeness (QED) is 0.625. The molecule has 1 aliphatic heterocycles. The molecule has 3 aromatic rings. The third-order valence-corrected chi connectivity index (χ3v) is 5.38. The van der Waals surface area contributed by atoms with E-state index < -0.39 is 0 Å². The topological polar surface area (TPSA) is 100 Å². The van der Waals surface area contributed by atoms with Crippen LogP contribution in [0, 0.1) is 5.92 Å². The number of aromatic amines is 1. The lowest BCUT2D eigenvalue weighted by molar-refractivity contribution is -0.122. The molecule has 1 aliphatic rings. The minimum absolute atomic E-state index is 0.109. The fourth-order valence-corrected chi connectivity index (χ4v) is 3.83. The van der Waals surface area contributed by atoms with Crippen molar-refractivity contribution in [3.05, 3.63) is 47.0 Å². The van der Waals surface area contributed by atoms with Crippen molar-refractivity contribution in [2.45, 2.75) is 26.3 Å². The Bertz CT molecular complexity index is 1040. The first-order valence-corrected chi connectivity index (χ1v) is 10.1. The number of likely N-dealkylation sites (tertiary alicyclic amines) is 1. The Kier molecular flexibility index (Phi) is 7.24. The Hall–Kier alpha value is -3.13. The van der Waals surface area contributed by atoms with E-state index in [9.17, 15) is 4.79 Å². The van der Waals surface area contributed by atoms with Gasteiger partial charge in [0.2, 0.25) is 0 Å². The number of ether oxygens (including phenoxy) is 1. The van der Waals surface area contributed by atoms with Crippen LogP contribution in [0.2, 0.25) is 0 Å². The van der Waals surface area contributed by atoms with Gasteiger partial charge in [0.1, 0.15) is 11.6 Å². The standard InChI is InChI=1S/C21H26N4O2.CH2O2/c1-3-27-17-4-5-19-16(12-17)13-18(21(26)23-19)20-22-8-11-25(20)14-15-6-9-24(2)10-7-15;2-1-3/h4-5,8,11-13,15H,3,6-7,9-10,14H2,1-2H3,(H,23,26);1H,(H,2,3). The van der Waals surface area contributed by atoms with Crippen LogP contribution >= 0.6 is 0 Å². The van der Waals surface area contributed by atoms with Crippen molar-refractivity contribution in [3.63, 3.8) is 0 Å². The fourth-order valence-electron chi connectivity index (χ4n) is 3.83. The molecule has 0 unspecified atom stereocenters. The number of carbonyl (C=O) groups is 1. The number of nitrogens with zero attached hydrogens (tertiary/aromatic N) is 3. The molecule has 0 saturated carbocycles. The molecule has 0 amide bonds. The molecule has 30 heavy (non-hydrogen) atoms. The van der Waals surface area contributed by atoms with Crippen molar-refractivity contribution < 1.29 is 14.6 Å². The molecule has 0 aliphatic carbocycles. The molecular weight excluding hydrogens is 384 g/mol. The highest BCUT2D eigenvalue weighted by molar-refractivity contribution is 5.83. The number of pyridine rings is 1. The van der Waals surface area contributed by atoms with Gasteiger partial charge >= 0.3 is 0 Å². The van der Waals surface area contributed by atoms with Crippen molar-refractivity contribution in [2.24, 2.45) is 5.92 Å². The van der Waals surface area contributed by atoms with Gasteiger partial charge in [-0.25, -0.2) is 4.98 Å². The van der Waals surface area contributed by atoms with E-state index in [1.807, 2.05) is 37.4 Å². The zero-order valence-corrected chi connectivity index (χ0v) is 17.4. The lowest BCUT2D eigenvalue weighted by Crippen LogP contribution is -2.32. The van der Waals surface area contributed by atoms with Gasteiger partial charge in [-0.15, -0.1) is 0 Å². The number of nitrogens with one attached hydrogen (secondary N) is 1. The maximum atomic E-state index is 12.7. The minimum atomic E-state index is -0.250. The summed E-state index contributed by atoms with van der Waals surface area (Å²) in [6.07, 6.45) is 6.12. The molecule has 0 radical (unpaired) electrons. The second-order valence-corrected chi connectivity index (χ2v) is 7.45. The number of hydrogen-bond donors (Lipinski definition) is 2. The van der Waals surface area contributed by atoms with Gasteiger partial charge in [-0.3, -0.25) is 9.59 Å². The summed E-state index contributed by atoms with van der Waals surface area (Å²) in [5.74, 6) is 2.16. The van der Waals surface area contributed by atoms with Gasteiger partial charge in [-0.2, -0.15) is 0 Å². The van der Waals surface area contributed by atoms with Crippen molar-refractivity contribution in [1.29, 1.82) is 0 Å². The molecule has 0 spiro atoms. The zero-order chi connectivity index (χ0) is 21.5. The largest absolute Gasteiger partial charge is 0.494 e. The van der Waals surface area contributed by atoms with Crippen LogP contribution in [-0.2, 0) is 11.3 Å². The summed E-state index contributed by atoms with van der Waals surface area (Å²) in [6.45, 7) is 5.49. The summed E-state index contributed by atoms with van der Waals surface area (Å²) in [4.78, 5) is 30.9. The second-order valence-electron chi connectivity index (χ2n) is 7.45. The van der Waals surface area contributed by atoms with Gasteiger partial charge in [0.15, 0.2) is 0 Å². The summed E-state index contributed by atoms with van der Waals surface area (Å²) in [5, 5.41) is 7.84. The maximum Gasteiger partial charge on any atom is 0.290 e. The molecule has 1 saturated heterocycles. The van der Waals surface area contributed by atoms with E-state index in [-0.39, 0.29) is 12.0 Å². The smallest absolute Gasteiger partial charge is 0.290 e. The molecule has 8 heteroatoms. The van der Waals surface area contributed by atoms with Gasteiger partial charge < -0.3 is 24.3 Å². The predicted octanol–water partition coefficient (Wildman–Crippen LogP) is 2.83. The molecule has 1 fully saturated rings. The zero-order valence-electron chi connectivity index (χ0n) is 17.4. The van der Waals surface area contributed by atoms with Crippen LogP contribution in [0.5, 0.6) is 5.75 Å². The number of imidazole rings is 1. The number of hydrogen-bond acceptors (Lipinski definition) is 5. The summed E-state index contributed by atoms with van der Waals surface area (Å²) in [5.41, 5.74) is 1.30. The first-order valence-electron chi connectivity index (χ1n) is 10.1. The summed E-state index contributed by atoms with van der Waals surface area (Å²) in [6, 6.07) is 7.64. The number of benzene rings is 1. The van der Waals surface area contributed by atoms with E-state index in [2.05, 4.69) is 26.5 Å². The Morgan fingerprint density at radius 3 is 2.73 bits per heavy atom. The van der Waals surface area contributed by atoms with Crippen LogP contribution in [0.15, 0.2) is 41.5 Å². The number of carboxylic acid groups (broad SMARTS) is 1. The number of aromatic nitrogens is 3. The van der Waals surface area contributed by atoms with Crippen molar-refractivity contribution >= 4 is 17.4 Å². The van der Waals surface area contributed by atoms with Crippen molar-refractivity contribution in [1.82, 2.24) is 19.4 Å². The monoisotopic (exact) mass is 412 g/mol. The maximum absolute atomic E-state index is 12.7. The summed E-state index contributed by atoms with van der Waals surface area (Å²) >= 11 is 0. The Morgan fingerprint density at radius 2 is 2.03 bits per heavy atom. The summed E-state index contributed by atoms with van der Waals surface area (Å²) < 4.78 is 7.71. The van der Waals surface area contributed by atoms with Crippen LogP contribution < -0.4 is 10.3 Å². The molecule has 160 valence electrons. The molecule has 2 N–H and O–H groups in total. The second kappa shape index (κ2) is 10.1. The first-order chi connectivity index (χ1) is 14.5. The normalized spacial score (nSPS) is 14.9. The van der Waals surface area contributed by atoms with Crippen LogP contribution in [0.3, 0.4) is 0 Å². The molecular formula is C22H28N4O4. The highest BCUT2D eigenvalue weighted by Crippen LogP contribution is 2.24.